The molecule has 1 heterocycles. The normalized spacial score (nSPS) is 23.3. The molecule has 90 valence electrons. The van der Waals surface area contributed by atoms with E-state index in [4.69, 9.17) is 10.4 Å². The van der Waals surface area contributed by atoms with Crippen molar-refractivity contribution >= 4 is 5.82 Å². The third-order valence-corrected chi connectivity index (χ3v) is 3.41. The molecule has 2 N–H and O–H groups in total. The van der Waals surface area contributed by atoms with Gasteiger partial charge < -0.3 is 10.4 Å². The lowest BCUT2D eigenvalue weighted by atomic mass is 10.00. The molecule has 4 heteroatoms. The summed E-state index contributed by atoms with van der Waals surface area (Å²) in [5.41, 5.74) is 0.585. The van der Waals surface area contributed by atoms with Gasteiger partial charge >= 0.3 is 0 Å². The van der Waals surface area contributed by atoms with Crippen LogP contribution >= 0.6 is 0 Å². The Hall–Kier alpha value is -1.60. The monoisotopic (exact) mass is 231 g/mol. The predicted molar refractivity (Wildman–Crippen MR) is 65.4 cm³/mol. The van der Waals surface area contributed by atoms with E-state index in [-0.39, 0.29) is 6.61 Å². The molecule has 1 aromatic heterocycles. The summed E-state index contributed by atoms with van der Waals surface area (Å²) in [6, 6.07) is 6.02. The number of nitriles is 1. The van der Waals surface area contributed by atoms with Crippen LogP contribution in [0.25, 0.3) is 0 Å². The largest absolute Gasteiger partial charge is 0.396 e. The molecule has 0 saturated heterocycles. The zero-order valence-electron chi connectivity index (χ0n) is 9.76. The molecule has 0 spiro atoms. The second kappa shape index (κ2) is 5.65. The Morgan fingerprint density at radius 3 is 3.18 bits per heavy atom. The van der Waals surface area contributed by atoms with Crippen LogP contribution in [-0.2, 0) is 0 Å². The predicted octanol–water partition coefficient (Wildman–Crippen LogP) is 1.92. The minimum atomic E-state index is 0.232. The maximum atomic E-state index is 9.02. The van der Waals surface area contributed by atoms with Gasteiger partial charge in [0.15, 0.2) is 0 Å². The van der Waals surface area contributed by atoms with Crippen molar-refractivity contribution in [3.8, 4) is 6.07 Å². The first-order valence-corrected chi connectivity index (χ1v) is 6.07. The number of aromatic nitrogens is 1. The molecular formula is C13H17N3O. The first kappa shape index (κ1) is 11.9. The third kappa shape index (κ3) is 2.75. The average Bonchev–Trinajstić information content (AvgIpc) is 2.78. The Morgan fingerprint density at radius 1 is 1.53 bits per heavy atom. The molecule has 1 aliphatic carbocycles. The van der Waals surface area contributed by atoms with Crippen LogP contribution in [0.5, 0.6) is 0 Å². The van der Waals surface area contributed by atoms with E-state index in [2.05, 4.69) is 16.4 Å². The van der Waals surface area contributed by atoms with Crippen LogP contribution in [0.1, 0.15) is 31.2 Å². The van der Waals surface area contributed by atoms with Gasteiger partial charge in [0, 0.05) is 18.8 Å². The molecule has 0 radical (unpaired) electrons. The number of pyridine rings is 1. The van der Waals surface area contributed by atoms with Crippen molar-refractivity contribution in [3.05, 3.63) is 23.9 Å². The second-order valence-electron chi connectivity index (χ2n) is 4.47. The Bertz CT molecular complexity index is 413. The lowest BCUT2D eigenvalue weighted by Gasteiger charge is -2.21. The molecule has 1 aromatic rings. The number of aliphatic hydroxyl groups excluding tert-OH is 1. The summed E-state index contributed by atoms with van der Waals surface area (Å²) in [5.74, 6) is 1.17. The van der Waals surface area contributed by atoms with Crippen LogP contribution in [0, 0.1) is 17.2 Å². The molecule has 0 bridgehead atoms. The molecule has 2 atom stereocenters. The highest BCUT2D eigenvalue weighted by molar-refractivity contribution is 5.51. The van der Waals surface area contributed by atoms with Gasteiger partial charge in [-0.15, -0.1) is 0 Å². The summed E-state index contributed by atoms with van der Waals surface area (Å²) in [6.07, 6.45) is 5.93. The Kier molecular flexibility index (Phi) is 3.94. The number of hydrogen-bond donors (Lipinski definition) is 2. The Balaban J connectivity index is 2.07. The van der Waals surface area contributed by atoms with E-state index < -0.39 is 0 Å². The molecule has 1 fully saturated rings. The van der Waals surface area contributed by atoms with Crippen LogP contribution < -0.4 is 5.32 Å². The number of nitrogens with zero attached hydrogens (tertiary/aromatic N) is 2. The highest BCUT2D eigenvalue weighted by Gasteiger charge is 2.27. The summed E-state index contributed by atoms with van der Waals surface area (Å²) >= 11 is 0. The van der Waals surface area contributed by atoms with Crippen molar-refractivity contribution in [1.82, 2.24) is 4.98 Å². The highest BCUT2D eigenvalue weighted by atomic mass is 16.3. The minimum Gasteiger partial charge on any atom is -0.396 e. The summed E-state index contributed by atoms with van der Waals surface area (Å²) in [4.78, 5) is 4.21. The molecular weight excluding hydrogens is 214 g/mol. The number of rotatable bonds is 4. The summed E-state index contributed by atoms with van der Waals surface area (Å²) < 4.78 is 0. The van der Waals surface area contributed by atoms with Crippen LogP contribution in [0.3, 0.4) is 0 Å². The number of aliphatic hydroxyl groups is 1. The van der Waals surface area contributed by atoms with Crippen LogP contribution in [0.15, 0.2) is 18.3 Å². The van der Waals surface area contributed by atoms with E-state index in [0.717, 1.165) is 19.3 Å². The fourth-order valence-electron chi connectivity index (χ4n) is 2.52. The van der Waals surface area contributed by atoms with Crippen LogP contribution in [0.2, 0.25) is 0 Å². The second-order valence-corrected chi connectivity index (χ2v) is 4.47. The van der Waals surface area contributed by atoms with E-state index in [0.29, 0.717) is 23.3 Å². The smallest absolute Gasteiger partial charge is 0.144 e. The van der Waals surface area contributed by atoms with E-state index in [1.54, 1.807) is 18.3 Å². The van der Waals surface area contributed by atoms with Crippen molar-refractivity contribution in [2.24, 2.45) is 5.92 Å². The fourth-order valence-corrected chi connectivity index (χ4v) is 2.52. The maximum Gasteiger partial charge on any atom is 0.144 e. The van der Waals surface area contributed by atoms with Gasteiger partial charge in [0.25, 0.3) is 0 Å². The lowest BCUT2D eigenvalue weighted by molar-refractivity contribution is 0.254. The minimum absolute atomic E-state index is 0.232. The SMILES string of the molecule is N#Cc1cccnc1NC1CCCC1CCO. The first-order chi connectivity index (χ1) is 8.35. The van der Waals surface area contributed by atoms with Crippen molar-refractivity contribution < 1.29 is 5.11 Å². The first-order valence-electron chi connectivity index (χ1n) is 6.07. The molecule has 2 unspecified atom stereocenters. The summed E-state index contributed by atoms with van der Waals surface area (Å²) in [7, 11) is 0. The van der Waals surface area contributed by atoms with Gasteiger partial charge in [0.2, 0.25) is 0 Å². The molecule has 17 heavy (non-hydrogen) atoms. The molecule has 1 saturated carbocycles. The molecule has 0 aromatic carbocycles. The van der Waals surface area contributed by atoms with Gasteiger partial charge in [-0.2, -0.15) is 5.26 Å². The molecule has 2 rings (SSSR count). The van der Waals surface area contributed by atoms with E-state index in [1.165, 1.54) is 6.42 Å². The van der Waals surface area contributed by atoms with Gasteiger partial charge in [-0.1, -0.05) is 6.42 Å². The van der Waals surface area contributed by atoms with Crippen LogP contribution in [0.4, 0.5) is 5.82 Å². The van der Waals surface area contributed by atoms with Crippen LogP contribution in [-0.4, -0.2) is 22.7 Å². The van der Waals surface area contributed by atoms with E-state index in [1.807, 2.05) is 0 Å². The average molecular weight is 231 g/mol. The zero-order chi connectivity index (χ0) is 12.1. The number of hydrogen-bond acceptors (Lipinski definition) is 4. The van der Waals surface area contributed by atoms with Gasteiger partial charge in [-0.05, 0) is 37.3 Å². The Labute approximate surface area is 101 Å². The maximum absolute atomic E-state index is 9.02. The summed E-state index contributed by atoms with van der Waals surface area (Å²) in [6.45, 7) is 0.232. The van der Waals surface area contributed by atoms with Gasteiger partial charge in [0.05, 0.1) is 5.56 Å². The number of nitrogens with one attached hydrogen (secondary N) is 1. The van der Waals surface area contributed by atoms with Gasteiger partial charge in [-0.25, -0.2) is 4.98 Å². The molecule has 1 aliphatic rings. The molecule has 4 nitrogen and oxygen atoms in total. The number of anilines is 1. The quantitative estimate of drug-likeness (QED) is 0.830. The highest BCUT2D eigenvalue weighted by Crippen LogP contribution is 2.30. The molecule has 0 aliphatic heterocycles. The van der Waals surface area contributed by atoms with E-state index in [9.17, 15) is 0 Å². The Morgan fingerprint density at radius 2 is 2.41 bits per heavy atom. The summed E-state index contributed by atoms with van der Waals surface area (Å²) in [5, 5.41) is 21.4. The lowest BCUT2D eigenvalue weighted by Crippen LogP contribution is -2.25. The zero-order valence-corrected chi connectivity index (χ0v) is 9.76. The standard InChI is InChI=1S/C13H17N3O/c14-9-11-4-2-7-15-13(11)16-12-5-1-3-10(12)6-8-17/h2,4,7,10,12,17H,1,3,5-6,8H2,(H,15,16). The topological polar surface area (TPSA) is 68.9 Å². The van der Waals surface area contributed by atoms with Crippen molar-refractivity contribution in [2.75, 3.05) is 11.9 Å². The van der Waals surface area contributed by atoms with E-state index >= 15 is 0 Å². The van der Waals surface area contributed by atoms with Gasteiger partial charge in [0.1, 0.15) is 11.9 Å². The van der Waals surface area contributed by atoms with Crippen molar-refractivity contribution in [3.63, 3.8) is 0 Å². The fraction of sp³-hybridized carbons (Fsp3) is 0.538. The third-order valence-electron chi connectivity index (χ3n) is 3.41. The molecule has 0 amide bonds. The van der Waals surface area contributed by atoms with Gasteiger partial charge in [-0.3, -0.25) is 0 Å². The van der Waals surface area contributed by atoms with Crippen molar-refractivity contribution in [1.29, 1.82) is 5.26 Å². The van der Waals surface area contributed by atoms with Crippen molar-refractivity contribution in [2.45, 2.75) is 31.7 Å².